The van der Waals surface area contributed by atoms with Crippen LogP contribution in [0.2, 0.25) is 0 Å². The second kappa shape index (κ2) is 6.03. The summed E-state index contributed by atoms with van der Waals surface area (Å²) in [5, 5.41) is 0. The number of ketones is 1. The molecular formula is C14H18ClNO2. The predicted molar refractivity (Wildman–Crippen MR) is 73.8 cm³/mol. The number of nitrogens with zero attached hydrogens (tertiary/aromatic N) is 1. The second-order valence-electron chi connectivity index (χ2n) is 4.53. The average Bonchev–Trinajstić information content (AvgIpc) is 2.70. The highest BCUT2D eigenvalue weighted by Gasteiger charge is 2.42. The van der Waals surface area contributed by atoms with Crippen LogP contribution in [0.15, 0.2) is 42.7 Å². The van der Waals surface area contributed by atoms with Crippen molar-refractivity contribution in [2.75, 3.05) is 20.6 Å². The van der Waals surface area contributed by atoms with Crippen LogP contribution in [0, 0.1) is 0 Å². The van der Waals surface area contributed by atoms with Crippen LogP contribution >= 0.6 is 12.4 Å². The van der Waals surface area contributed by atoms with Gasteiger partial charge in [0.1, 0.15) is 0 Å². The van der Waals surface area contributed by atoms with Crippen molar-refractivity contribution in [1.29, 1.82) is 0 Å². The van der Waals surface area contributed by atoms with Gasteiger partial charge in [0.25, 0.3) is 0 Å². The molecule has 2 rings (SSSR count). The molecule has 98 valence electrons. The molecule has 0 fully saturated rings. The SMILES string of the molecule is CN(C)CCC1(c2ccccc2)OC=CC1=O.Cl. The summed E-state index contributed by atoms with van der Waals surface area (Å²) in [6, 6.07) is 9.69. The zero-order valence-electron chi connectivity index (χ0n) is 10.6. The summed E-state index contributed by atoms with van der Waals surface area (Å²) in [5.74, 6) is 0.0329. The zero-order chi connectivity index (χ0) is 12.3. The second-order valence-corrected chi connectivity index (χ2v) is 4.53. The van der Waals surface area contributed by atoms with E-state index >= 15 is 0 Å². The number of carbonyl (C=O) groups is 1. The van der Waals surface area contributed by atoms with Crippen molar-refractivity contribution < 1.29 is 9.53 Å². The fourth-order valence-corrected chi connectivity index (χ4v) is 2.03. The van der Waals surface area contributed by atoms with Crippen molar-refractivity contribution in [2.24, 2.45) is 0 Å². The van der Waals surface area contributed by atoms with Crippen molar-refractivity contribution in [3.8, 4) is 0 Å². The standard InChI is InChI=1S/C14H17NO2.ClH/c1-15(2)10-9-14(13(16)8-11-17-14)12-6-4-3-5-7-12;/h3-8,11H,9-10H2,1-2H3;1H. The van der Waals surface area contributed by atoms with E-state index in [-0.39, 0.29) is 18.2 Å². The Morgan fingerprint density at radius 2 is 1.89 bits per heavy atom. The van der Waals surface area contributed by atoms with Gasteiger partial charge in [-0.25, -0.2) is 0 Å². The summed E-state index contributed by atoms with van der Waals surface area (Å²) < 4.78 is 5.63. The number of hydrogen-bond acceptors (Lipinski definition) is 3. The number of halogens is 1. The average molecular weight is 268 g/mol. The normalized spacial score (nSPS) is 21.8. The van der Waals surface area contributed by atoms with Gasteiger partial charge in [-0.3, -0.25) is 4.79 Å². The molecule has 4 heteroatoms. The largest absolute Gasteiger partial charge is 0.482 e. The van der Waals surface area contributed by atoms with E-state index in [9.17, 15) is 4.79 Å². The van der Waals surface area contributed by atoms with E-state index in [0.717, 1.165) is 12.1 Å². The van der Waals surface area contributed by atoms with Gasteiger partial charge in [-0.2, -0.15) is 0 Å². The number of benzene rings is 1. The van der Waals surface area contributed by atoms with E-state index in [2.05, 4.69) is 4.90 Å². The molecule has 0 bridgehead atoms. The molecule has 0 aliphatic carbocycles. The lowest BCUT2D eigenvalue weighted by Gasteiger charge is -2.28. The lowest BCUT2D eigenvalue weighted by Crippen LogP contribution is -2.36. The molecule has 0 amide bonds. The lowest BCUT2D eigenvalue weighted by molar-refractivity contribution is -0.131. The van der Waals surface area contributed by atoms with Gasteiger partial charge in [0.2, 0.25) is 5.78 Å². The third-order valence-electron chi connectivity index (χ3n) is 3.04. The first-order valence-electron chi connectivity index (χ1n) is 5.74. The number of rotatable bonds is 4. The van der Waals surface area contributed by atoms with E-state index in [1.165, 1.54) is 12.3 Å². The summed E-state index contributed by atoms with van der Waals surface area (Å²) in [6.45, 7) is 0.808. The molecule has 1 heterocycles. The highest BCUT2D eigenvalue weighted by atomic mass is 35.5. The van der Waals surface area contributed by atoms with Crippen LogP contribution in [0.3, 0.4) is 0 Å². The fraction of sp³-hybridized carbons (Fsp3) is 0.357. The minimum atomic E-state index is -0.814. The van der Waals surface area contributed by atoms with Crippen LogP contribution in [-0.2, 0) is 15.1 Å². The Kier molecular flexibility index (Phi) is 4.93. The monoisotopic (exact) mass is 267 g/mol. The van der Waals surface area contributed by atoms with Gasteiger partial charge in [0.15, 0.2) is 5.60 Å². The molecule has 1 aromatic carbocycles. The third kappa shape index (κ3) is 2.74. The predicted octanol–water partition coefficient (Wildman–Crippen LogP) is 2.37. The van der Waals surface area contributed by atoms with Crippen LogP contribution in [0.4, 0.5) is 0 Å². The Labute approximate surface area is 114 Å². The molecule has 18 heavy (non-hydrogen) atoms. The highest BCUT2D eigenvalue weighted by Crippen LogP contribution is 2.35. The molecule has 1 atom stereocenters. The molecule has 0 radical (unpaired) electrons. The van der Waals surface area contributed by atoms with Crippen LogP contribution in [0.1, 0.15) is 12.0 Å². The fourth-order valence-electron chi connectivity index (χ4n) is 2.03. The van der Waals surface area contributed by atoms with E-state index < -0.39 is 5.60 Å². The first-order valence-corrected chi connectivity index (χ1v) is 5.74. The Balaban J connectivity index is 0.00000162. The number of ether oxygens (including phenoxy) is 1. The molecule has 0 aromatic heterocycles. The molecular weight excluding hydrogens is 250 g/mol. The highest BCUT2D eigenvalue weighted by molar-refractivity contribution is 5.99. The summed E-state index contributed by atoms with van der Waals surface area (Å²) in [5.41, 5.74) is 0.114. The van der Waals surface area contributed by atoms with E-state index in [1.807, 2.05) is 44.4 Å². The molecule has 1 aromatic rings. The smallest absolute Gasteiger partial charge is 0.206 e. The summed E-state index contributed by atoms with van der Waals surface area (Å²) in [6.07, 6.45) is 3.68. The van der Waals surface area contributed by atoms with Crippen molar-refractivity contribution in [3.63, 3.8) is 0 Å². The molecule has 0 spiro atoms. The Morgan fingerprint density at radius 1 is 1.22 bits per heavy atom. The van der Waals surface area contributed by atoms with Crippen LogP contribution in [-0.4, -0.2) is 31.3 Å². The van der Waals surface area contributed by atoms with Gasteiger partial charge in [-0.1, -0.05) is 30.3 Å². The van der Waals surface area contributed by atoms with E-state index in [1.54, 1.807) is 0 Å². The summed E-state index contributed by atoms with van der Waals surface area (Å²) in [4.78, 5) is 14.1. The molecule has 1 aliphatic heterocycles. The molecule has 3 nitrogen and oxygen atoms in total. The Bertz CT molecular complexity index is 431. The van der Waals surface area contributed by atoms with Gasteiger partial charge in [-0.05, 0) is 14.1 Å². The Hall–Kier alpha value is -1.32. The number of hydrogen-bond donors (Lipinski definition) is 0. The molecule has 1 unspecified atom stereocenters. The Morgan fingerprint density at radius 3 is 2.39 bits per heavy atom. The van der Waals surface area contributed by atoms with Crippen LogP contribution in [0.5, 0.6) is 0 Å². The zero-order valence-corrected chi connectivity index (χ0v) is 11.4. The molecule has 0 saturated carbocycles. The van der Waals surface area contributed by atoms with Crippen molar-refractivity contribution >= 4 is 18.2 Å². The molecule has 0 N–H and O–H groups in total. The maximum absolute atomic E-state index is 12.1. The quantitative estimate of drug-likeness (QED) is 0.839. The first-order chi connectivity index (χ1) is 8.15. The van der Waals surface area contributed by atoms with Gasteiger partial charge in [0, 0.05) is 24.6 Å². The third-order valence-corrected chi connectivity index (χ3v) is 3.04. The first kappa shape index (κ1) is 14.7. The van der Waals surface area contributed by atoms with Gasteiger partial charge >= 0.3 is 0 Å². The maximum atomic E-state index is 12.1. The minimum Gasteiger partial charge on any atom is -0.482 e. The van der Waals surface area contributed by atoms with E-state index in [0.29, 0.717) is 6.42 Å². The van der Waals surface area contributed by atoms with Crippen molar-refractivity contribution in [2.45, 2.75) is 12.0 Å². The van der Waals surface area contributed by atoms with Crippen LogP contribution in [0.25, 0.3) is 0 Å². The van der Waals surface area contributed by atoms with Crippen LogP contribution < -0.4 is 0 Å². The van der Waals surface area contributed by atoms with Crippen molar-refractivity contribution in [1.82, 2.24) is 4.90 Å². The van der Waals surface area contributed by atoms with Gasteiger partial charge in [0.05, 0.1) is 6.26 Å². The molecule has 1 aliphatic rings. The molecule has 0 saturated heterocycles. The van der Waals surface area contributed by atoms with Gasteiger partial charge < -0.3 is 9.64 Å². The topological polar surface area (TPSA) is 29.5 Å². The maximum Gasteiger partial charge on any atom is 0.206 e. The minimum absolute atomic E-state index is 0. The van der Waals surface area contributed by atoms with Crippen molar-refractivity contribution in [3.05, 3.63) is 48.2 Å². The van der Waals surface area contributed by atoms with E-state index in [4.69, 9.17) is 4.74 Å². The van der Waals surface area contributed by atoms with Gasteiger partial charge in [-0.15, -0.1) is 12.4 Å². The lowest BCUT2D eigenvalue weighted by atomic mass is 9.87. The number of carbonyl (C=O) groups excluding carboxylic acids is 1. The summed E-state index contributed by atoms with van der Waals surface area (Å²) >= 11 is 0. The summed E-state index contributed by atoms with van der Waals surface area (Å²) in [7, 11) is 3.98.